The molecule has 0 spiro atoms. The van der Waals surface area contributed by atoms with Crippen LogP contribution in [0.4, 0.5) is 10.7 Å². The summed E-state index contributed by atoms with van der Waals surface area (Å²) in [4.78, 5) is 28.0. The van der Waals surface area contributed by atoms with Crippen LogP contribution < -0.4 is 15.4 Å². The number of nitrogens with zero attached hydrogens (tertiary/aromatic N) is 1. The zero-order valence-corrected chi connectivity index (χ0v) is 18.9. The number of amides is 1. The van der Waals surface area contributed by atoms with Crippen molar-refractivity contribution in [3.8, 4) is 0 Å². The van der Waals surface area contributed by atoms with Gasteiger partial charge >= 0.3 is 5.97 Å². The highest BCUT2D eigenvalue weighted by Gasteiger charge is 2.29. The maximum absolute atomic E-state index is 12.8. The topological polar surface area (TPSA) is 119 Å². The molecule has 1 aromatic heterocycles. The molecule has 1 aliphatic rings. The highest BCUT2D eigenvalue weighted by atomic mass is 32.2. The normalized spacial score (nSPS) is 15.8. The average Bonchev–Trinajstić information content (AvgIpc) is 3.10. The number of nitrogens with one attached hydrogen (secondary N) is 1. The molecule has 0 radical (unpaired) electrons. The first kappa shape index (κ1) is 22.3. The number of sulfonamides is 1. The maximum atomic E-state index is 12.8. The molecule has 1 aliphatic heterocycles. The van der Waals surface area contributed by atoms with Gasteiger partial charge in [-0.2, -0.15) is 0 Å². The molecule has 0 bridgehead atoms. The van der Waals surface area contributed by atoms with Crippen LogP contribution in [0.1, 0.15) is 40.2 Å². The number of carbonyl (C=O) groups is 2. The third kappa shape index (κ3) is 4.35. The van der Waals surface area contributed by atoms with Crippen molar-refractivity contribution in [1.82, 2.24) is 0 Å². The average molecular weight is 452 g/mol. The van der Waals surface area contributed by atoms with E-state index in [2.05, 4.69) is 5.32 Å². The van der Waals surface area contributed by atoms with Gasteiger partial charge in [-0.05, 0) is 63.4 Å². The van der Waals surface area contributed by atoms with E-state index in [1.807, 2.05) is 25.7 Å². The molecule has 0 unspecified atom stereocenters. The number of carbonyl (C=O) groups excluding carboxylic acids is 2. The first-order valence-electron chi connectivity index (χ1n) is 9.52. The van der Waals surface area contributed by atoms with Crippen molar-refractivity contribution in [2.75, 3.05) is 23.4 Å². The molecule has 1 aromatic carbocycles. The number of benzene rings is 1. The van der Waals surface area contributed by atoms with Gasteiger partial charge < -0.3 is 15.0 Å². The first-order valence-corrected chi connectivity index (χ1v) is 11.9. The third-order valence-corrected chi connectivity index (χ3v) is 7.20. The lowest BCUT2D eigenvalue weighted by Crippen LogP contribution is -2.37. The summed E-state index contributed by atoms with van der Waals surface area (Å²) in [5.74, 6) is -0.720. The lowest BCUT2D eigenvalue weighted by Gasteiger charge is -2.24. The van der Waals surface area contributed by atoms with Crippen LogP contribution in [0.25, 0.3) is 0 Å². The van der Waals surface area contributed by atoms with Gasteiger partial charge in [-0.1, -0.05) is 0 Å². The van der Waals surface area contributed by atoms with E-state index in [0.717, 1.165) is 21.7 Å². The Morgan fingerprint density at radius 3 is 2.67 bits per heavy atom. The lowest BCUT2D eigenvalue weighted by molar-refractivity contribution is -0.115. The van der Waals surface area contributed by atoms with Gasteiger partial charge in [0.15, 0.2) is 0 Å². The number of thiophene rings is 1. The lowest BCUT2D eigenvalue weighted by atomic mass is 10.1. The van der Waals surface area contributed by atoms with Crippen LogP contribution in [0.15, 0.2) is 23.1 Å². The van der Waals surface area contributed by atoms with E-state index in [1.165, 1.54) is 17.4 Å². The van der Waals surface area contributed by atoms with Crippen molar-refractivity contribution in [1.29, 1.82) is 0 Å². The van der Waals surface area contributed by atoms with E-state index in [-0.39, 0.29) is 30.0 Å². The summed E-state index contributed by atoms with van der Waals surface area (Å²) in [6.07, 6.45) is 0.608. The number of hydrogen-bond donors (Lipinski definition) is 2. The maximum Gasteiger partial charge on any atom is 0.341 e. The molecule has 8 nitrogen and oxygen atoms in total. The summed E-state index contributed by atoms with van der Waals surface area (Å²) in [7, 11) is -3.78. The number of rotatable bonds is 6. The minimum atomic E-state index is -3.78. The molecule has 0 aliphatic carbocycles. The number of anilines is 2. The van der Waals surface area contributed by atoms with Crippen LogP contribution in [-0.4, -0.2) is 39.5 Å². The van der Waals surface area contributed by atoms with Crippen LogP contribution >= 0.6 is 11.3 Å². The summed E-state index contributed by atoms with van der Waals surface area (Å²) in [6.45, 7) is 7.74. The number of hydrogen-bond acceptors (Lipinski definition) is 7. The molecule has 2 heterocycles. The predicted molar refractivity (Wildman–Crippen MR) is 117 cm³/mol. The largest absolute Gasteiger partial charge is 0.462 e. The standard InChI is InChI=1S/C20H25N3O5S2/c1-5-28-20(25)18-12(3)13(4)29-19(18)22-17(24)10-23-11(2)8-14-9-15(30(21,26)27)6-7-16(14)23/h6-7,9,11H,5,8,10H2,1-4H3,(H,22,24)(H2,21,26,27)/t11-/m0/s1. The monoisotopic (exact) mass is 451 g/mol. The van der Waals surface area contributed by atoms with Crippen LogP contribution in [0, 0.1) is 13.8 Å². The minimum Gasteiger partial charge on any atom is -0.462 e. The molecule has 0 saturated carbocycles. The summed E-state index contributed by atoms with van der Waals surface area (Å²) in [6, 6.07) is 4.69. The molecule has 3 N–H and O–H groups in total. The Balaban J connectivity index is 1.80. The highest BCUT2D eigenvalue weighted by Crippen LogP contribution is 2.35. The van der Waals surface area contributed by atoms with Gasteiger partial charge in [-0.25, -0.2) is 18.4 Å². The minimum absolute atomic E-state index is 0.0119. The number of primary sulfonamides is 1. The predicted octanol–water partition coefficient (Wildman–Crippen LogP) is 2.58. The SMILES string of the molecule is CCOC(=O)c1c(NC(=O)CN2c3ccc(S(N)(=O)=O)cc3C[C@@H]2C)sc(C)c1C. The second-order valence-corrected chi connectivity index (χ2v) is 10.1. The molecule has 0 saturated heterocycles. The fourth-order valence-corrected chi connectivity index (χ4v) is 5.20. The van der Waals surface area contributed by atoms with Crippen molar-refractivity contribution in [3.05, 3.63) is 39.8 Å². The Hall–Kier alpha value is -2.43. The number of nitrogens with two attached hydrogens (primary N) is 1. The Bertz CT molecular complexity index is 1110. The van der Waals surface area contributed by atoms with E-state index in [9.17, 15) is 18.0 Å². The second-order valence-electron chi connectivity index (χ2n) is 7.27. The van der Waals surface area contributed by atoms with Crippen LogP contribution in [-0.2, 0) is 26.0 Å². The third-order valence-electron chi connectivity index (χ3n) is 5.17. The molecule has 1 atom stereocenters. The van der Waals surface area contributed by atoms with E-state index in [4.69, 9.17) is 9.88 Å². The van der Waals surface area contributed by atoms with Gasteiger partial charge in [0.25, 0.3) is 0 Å². The Morgan fingerprint density at radius 2 is 2.03 bits per heavy atom. The van der Waals surface area contributed by atoms with Crippen molar-refractivity contribution < 1.29 is 22.7 Å². The fraction of sp³-hybridized carbons (Fsp3) is 0.400. The number of aryl methyl sites for hydroxylation is 1. The van der Waals surface area contributed by atoms with Gasteiger partial charge in [-0.3, -0.25) is 4.79 Å². The molecule has 1 amide bonds. The van der Waals surface area contributed by atoms with Gasteiger partial charge in [-0.15, -0.1) is 11.3 Å². The van der Waals surface area contributed by atoms with Crippen molar-refractivity contribution >= 4 is 43.9 Å². The van der Waals surface area contributed by atoms with Crippen molar-refractivity contribution in [2.45, 2.75) is 45.1 Å². The highest BCUT2D eigenvalue weighted by molar-refractivity contribution is 7.89. The van der Waals surface area contributed by atoms with Gasteiger partial charge in [0.05, 0.1) is 23.6 Å². The molecular formula is C20H25N3O5S2. The number of fused-ring (bicyclic) bond motifs is 1. The van der Waals surface area contributed by atoms with Gasteiger partial charge in [0.2, 0.25) is 15.9 Å². The zero-order chi connectivity index (χ0) is 22.2. The van der Waals surface area contributed by atoms with Gasteiger partial charge in [0.1, 0.15) is 5.00 Å². The fourth-order valence-electron chi connectivity index (χ4n) is 3.57. The Labute approximate surface area is 180 Å². The number of esters is 1. The summed E-state index contributed by atoms with van der Waals surface area (Å²) in [5, 5.41) is 8.54. The van der Waals surface area contributed by atoms with Crippen LogP contribution in [0.2, 0.25) is 0 Å². The molecule has 3 rings (SSSR count). The second kappa shape index (κ2) is 8.37. The van der Waals surface area contributed by atoms with E-state index < -0.39 is 16.0 Å². The van der Waals surface area contributed by atoms with Crippen LogP contribution in [0.3, 0.4) is 0 Å². The Kier molecular flexibility index (Phi) is 6.21. The summed E-state index contributed by atoms with van der Waals surface area (Å²) in [5.41, 5.74) is 2.82. The molecule has 30 heavy (non-hydrogen) atoms. The summed E-state index contributed by atoms with van der Waals surface area (Å²) < 4.78 is 28.3. The van der Waals surface area contributed by atoms with Crippen molar-refractivity contribution in [2.24, 2.45) is 5.14 Å². The molecule has 162 valence electrons. The van der Waals surface area contributed by atoms with Crippen molar-refractivity contribution in [3.63, 3.8) is 0 Å². The van der Waals surface area contributed by atoms with Crippen LogP contribution in [0.5, 0.6) is 0 Å². The number of ether oxygens (including phenoxy) is 1. The zero-order valence-electron chi connectivity index (χ0n) is 17.3. The van der Waals surface area contributed by atoms with E-state index in [0.29, 0.717) is 17.0 Å². The molecule has 0 fully saturated rings. The molecule has 10 heteroatoms. The van der Waals surface area contributed by atoms with Gasteiger partial charge in [0, 0.05) is 16.6 Å². The van der Waals surface area contributed by atoms with E-state index >= 15 is 0 Å². The molecular weight excluding hydrogens is 426 g/mol. The summed E-state index contributed by atoms with van der Waals surface area (Å²) >= 11 is 1.34. The quantitative estimate of drug-likeness (QED) is 0.652. The Morgan fingerprint density at radius 1 is 1.33 bits per heavy atom. The van der Waals surface area contributed by atoms with E-state index in [1.54, 1.807) is 19.1 Å². The smallest absolute Gasteiger partial charge is 0.341 e. The molecule has 2 aromatic rings. The first-order chi connectivity index (χ1) is 14.0.